The molecule has 5 nitrogen and oxygen atoms in total. The average Bonchev–Trinajstić information content (AvgIpc) is 3.02. The molecule has 1 aromatic carbocycles. The highest BCUT2D eigenvalue weighted by atomic mass is 35.5. The molecule has 1 aromatic heterocycles. The fourth-order valence-electron chi connectivity index (χ4n) is 1.59. The number of anilines is 2. The molecule has 2 aromatic rings. The van der Waals surface area contributed by atoms with Crippen molar-refractivity contribution in [2.24, 2.45) is 0 Å². The van der Waals surface area contributed by atoms with Gasteiger partial charge in [-0.1, -0.05) is 18.5 Å². The Labute approximate surface area is 137 Å². The van der Waals surface area contributed by atoms with E-state index < -0.39 is 0 Å². The molecule has 0 fully saturated rings. The molecule has 0 radical (unpaired) electrons. The van der Waals surface area contributed by atoms with Crippen LogP contribution >= 0.6 is 22.9 Å². The molecule has 114 valence electrons. The van der Waals surface area contributed by atoms with Gasteiger partial charge in [0.2, 0.25) is 11.8 Å². The first kappa shape index (κ1) is 16.2. The molecule has 7 heteroatoms. The van der Waals surface area contributed by atoms with Crippen LogP contribution in [0.3, 0.4) is 0 Å². The Morgan fingerprint density at radius 2 is 2.18 bits per heavy atom. The molecule has 0 spiro atoms. The average molecular weight is 336 g/mol. The Balaban J connectivity index is 2.06. The monoisotopic (exact) mass is 335 g/mol. The topological polar surface area (TPSA) is 71.1 Å². The van der Waals surface area contributed by atoms with Crippen molar-refractivity contribution in [3.63, 3.8) is 0 Å². The highest BCUT2D eigenvalue weighted by Crippen LogP contribution is 2.25. The Hall–Kier alpha value is -2.18. The van der Waals surface area contributed by atoms with Crippen molar-refractivity contribution < 1.29 is 9.59 Å². The molecule has 0 unspecified atom stereocenters. The lowest BCUT2D eigenvalue weighted by Crippen LogP contribution is -2.11. The number of hydrogen-bond donors (Lipinski definition) is 2. The van der Waals surface area contributed by atoms with E-state index in [1.807, 2.05) is 5.38 Å². The van der Waals surface area contributed by atoms with Crippen LogP contribution in [0.15, 0.2) is 35.2 Å². The van der Waals surface area contributed by atoms with Crippen molar-refractivity contribution in [1.29, 1.82) is 0 Å². The molecule has 0 aliphatic heterocycles. The molecule has 0 saturated carbocycles. The van der Waals surface area contributed by atoms with E-state index in [0.717, 1.165) is 5.69 Å². The first-order valence-corrected chi connectivity index (χ1v) is 7.87. The van der Waals surface area contributed by atoms with Crippen molar-refractivity contribution in [3.05, 3.63) is 45.9 Å². The van der Waals surface area contributed by atoms with Crippen LogP contribution in [-0.2, 0) is 9.59 Å². The van der Waals surface area contributed by atoms with E-state index in [1.54, 1.807) is 36.7 Å². The lowest BCUT2D eigenvalue weighted by molar-refractivity contribution is -0.116. The summed E-state index contributed by atoms with van der Waals surface area (Å²) in [5.41, 5.74) is 3.42. The van der Waals surface area contributed by atoms with E-state index in [-0.39, 0.29) is 11.8 Å². The number of rotatable bonds is 5. The Morgan fingerprint density at radius 1 is 1.36 bits per heavy atom. The van der Waals surface area contributed by atoms with E-state index >= 15 is 0 Å². The molecule has 2 amide bonds. The van der Waals surface area contributed by atoms with Gasteiger partial charge in [0.05, 0.1) is 21.9 Å². The van der Waals surface area contributed by atoms with E-state index in [2.05, 4.69) is 15.6 Å². The standard InChI is InChI=1S/C15H14ClN3O2S/c1-2-14(20)18-10-3-5-12(16)13(7-10)19-15(21)6-4-11-8-22-9-17-11/h3-9H,2H2,1H3,(H,18,20)(H,19,21)/b6-4+. The van der Waals surface area contributed by atoms with Crippen molar-refractivity contribution in [1.82, 2.24) is 4.98 Å². The summed E-state index contributed by atoms with van der Waals surface area (Å²) in [6.07, 6.45) is 3.37. The van der Waals surface area contributed by atoms with Gasteiger partial charge in [0.1, 0.15) is 0 Å². The molecular weight excluding hydrogens is 322 g/mol. The van der Waals surface area contributed by atoms with Crippen LogP contribution in [0.2, 0.25) is 5.02 Å². The van der Waals surface area contributed by atoms with Crippen molar-refractivity contribution in [3.8, 4) is 0 Å². The van der Waals surface area contributed by atoms with Crippen molar-refractivity contribution >= 4 is 52.2 Å². The fraction of sp³-hybridized carbons (Fsp3) is 0.133. The second-order valence-electron chi connectivity index (χ2n) is 4.33. The number of carbonyl (C=O) groups excluding carboxylic acids is 2. The second kappa shape index (κ2) is 7.72. The highest BCUT2D eigenvalue weighted by Gasteiger charge is 2.06. The lowest BCUT2D eigenvalue weighted by Gasteiger charge is -2.09. The number of halogens is 1. The molecule has 0 aliphatic carbocycles. The Bertz CT molecular complexity index is 699. The number of nitrogens with one attached hydrogen (secondary N) is 2. The van der Waals surface area contributed by atoms with Crippen LogP contribution in [0.5, 0.6) is 0 Å². The SMILES string of the molecule is CCC(=O)Nc1ccc(Cl)c(NC(=O)/C=C/c2cscn2)c1. The number of carbonyl (C=O) groups is 2. The zero-order valence-electron chi connectivity index (χ0n) is 11.8. The summed E-state index contributed by atoms with van der Waals surface area (Å²) in [7, 11) is 0. The molecule has 1 heterocycles. The second-order valence-corrected chi connectivity index (χ2v) is 5.46. The smallest absolute Gasteiger partial charge is 0.248 e. The number of aromatic nitrogens is 1. The summed E-state index contributed by atoms with van der Waals surface area (Å²) in [6, 6.07) is 4.91. The molecule has 2 rings (SSSR count). The van der Waals surface area contributed by atoms with Crippen molar-refractivity contribution in [2.75, 3.05) is 10.6 Å². The maximum atomic E-state index is 11.9. The quantitative estimate of drug-likeness (QED) is 0.816. The zero-order valence-corrected chi connectivity index (χ0v) is 13.4. The molecular formula is C15H14ClN3O2S. The minimum Gasteiger partial charge on any atom is -0.326 e. The maximum absolute atomic E-state index is 11.9. The molecule has 0 atom stereocenters. The minimum absolute atomic E-state index is 0.108. The first-order valence-electron chi connectivity index (χ1n) is 6.55. The number of nitrogens with zero attached hydrogens (tertiary/aromatic N) is 1. The van der Waals surface area contributed by atoms with Crippen LogP contribution in [0.4, 0.5) is 11.4 Å². The van der Waals surface area contributed by atoms with E-state index in [1.165, 1.54) is 17.4 Å². The molecule has 22 heavy (non-hydrogen) atoms. The predicted octanol–water partition coefficient (Wildman–Crippen LogP) is 3.80. The minimum atomic E-state index is -0.325. The molecule has 0 bridgehead atoms. The van der Waals surface area contributed by atoms with Crippen LogP contribution < -0.4 is 10.6 Å². The van der Waals surface area contributed by atoms with Gasteiger partial charge in [0.25, 0.3) is 0 Å². The summed E-state index contributed by atoms with van der Waals surface area (Å²) in [6.45, 7) is 1.76. The van der Waals surface area contributed by atoms with Gasteiger partial charge in [0, 0.05) is 23.6 Å². The van der Waals surface area contributed by atoms with E-state index in [9.17, 15) is 9.59 Å². The van der Waals surface area contributed by atoms with Crippen LogP contribution in [0.25, 0.3) is 6.08 Å². The van der Waals surface area contributed by atoms with Crippen LogP contribution in [0.1, 0.15) is 19.0 Å². The number of thiazole rings is 1. The van der Waals surface area contributed by atoms with Gasteiger partial charge < -0.3 is 10.6 Å². The third-order valence-electron chi connectivity index (χ3n) is 2.69. The predicted molar refractivity (Wildman–Crippen MR) is 90.2 cm³/mol. The fourth-order valence-corrected chi connectivity index (χ4v) is 2.27. The maximum Gasteiger partial charge on any atom is 0.248 e. The highest BCUT2D eigenvalue weighted by molar-refractivity contribution is 7.07. The van der Waals surface area contributed by atoms with E-state index in [4.69, 9.17) is 11.6 Å². The van der Waals surface area contributed by atoms with E-state index in [0.29, 0.717) is 22.8 Å². The molecule has 0 saturated heterocycles. The zero-order chi connectivity index (χ0) is 15.9. The van der Waals surface area contributed by atoms with Gasteiger partial charge in [-0.05, 0) is 24.3 Å². The molecule has 0 aliphatic rings. The summed E-state index contributed by atoms with van der Waals surface area (Å²) in [5.74, 6) is -0.433. The van der Waals surface area contributed by atoms with Gasteiger partial charge in [-0.2, -0.15) is 0 Å². The summed E-state index contributed by atoms with van der Waals surface area (Å²) >= 11 is 7.50. The first-order chi connectivity index (χ1) is 10.6. The largest absolute Gasteiger partial charge is 0.326 e. The van der Waals surface area contributed by atoms with Gasteiger partial charge in [-0.25, -0.2) is 4.98 Å². The normalized spacial score (nSPS) is 10.6. The third kappa shape index (κ3) is 4.68. The third-order valence-corrected chi connectivity index (χ3v) is 3.62. The summed E-state index contributed by atoms with van der Waals surface area (Å²) < 4.78 is 0. The number of benzene rings is 1. The van der Waals surface area contributed by atoms with Crippen LogP contribution in [0, 0.1) is 0 Å². The summed E-state index contributed by atoms with van der Waals surface area (Å²) in [4.78, 5) is 27.3. The lowest BCUT2D eigenvalue weighted by atomic mass is 10.2. The number of hydrogen-bond acceptors (Lipinski definition) is 4. The Morgan fingerprint density at radius 3 is 2.86 bits per heavy atom. The van der Waals surface area contributed by atoms with Crippen molar-refractivity contribution in [2.45, 2.75) is 13.3 Å². The van der Waals surface area contributed by atoms with Gasteiger partial charge >= 0.3 is 0 Å². The van der Waals surface area contributed by atoms with Gasteiger partial charge in [-0.3, -0.25) is 9.59 Å². The molecule has 2 N–H and O–H groups in total. The van der Waals surface area contributed by atoms with Gasteiger partial charge in [0.15, 0.2) is 0 Å². The number of amides is 2. The van der Waals surface area contributed by atoms with Crippen LogP contribution in [-0.4, -0.2) is 16.8 Å². The Kier molecular flexibility index (Phi) is 5.68. The van der Waals surface area contributed by atoms with Gasteiger partial charge in [-0.15, -0.1) is 11.3 Å². The summed E-state index contributed by atoms with van der Waals surface area (Å²) in [5, 5.41) is 7.61.